The van der Waals surface area contributed by atoms with Gasteiger partial charge in [-0.25, -0.2) is 0 Å². The van der Waals surface area contributed by atoms with Crippen molar-refractivity contribution < 1.29 is 5.11 Å². The number of pyridine rings is 1. The summed E-state index contributed by atoms with van der Waals surface area (Å²) in [6, 6.07) is 4.06. The standard InChI is InChI=1S/C9H11NO/c11-6-8-5-9(8)7-1-3-10-4-2-7/h1-4,8-9,11H,5-6H2/t8-,9?/m1/s1. The van der Waals surface area contributed by atoms with Crippen LogP contribution in [-0.2, 0) is 0 Å². The Bertz CT molecular complexity index is 235. The highest BCUT2D eigenvalue weighted by Crippen LogP contribution is 2.46. The third kappa shape index (κ3) is 1.26. The maximum Gasteiger partial charge on any atom is 0.0465 e. The van der Waals surface area contributed by atoms with Gasteiger partial charge in [-0.05, 0) is 36.0 Å². The Morgan fingerprint density at radius 1 is 1.45 bits per heavy atom. The van der Waals surface area contributed by atoms with Gasteiger partial charge in [0.1, 0.15) is 0 Å². The summed E-state index contributed by atoms with van der Waals surface area (Å²) in [4.78, 5) is 3.94. The van der Waals surface area contributed by atoms with Gasteiger partial charge in [0.15, 0.2) is 0 Å². The zero-order valence-electron chi connectivity index (χ0n) is 6.27. The van der Waals surface area contributed by atoms with Crippen LogP contribution in [-0.4, -0.2) is 16.7 Å². The number of nitrogens with zero attached hydrogens (tertiary/aromatic N) is 1. The van der Waals surface area contributed by atoms with Crippen LogP contribution >= 0.6 is 0 Å². The highest BCUT2D eigenvalue weighted by atomic mass is 16.3. The average molecular weight is 149 g/mol. The van der Waals surface area contributed by atoms with Crippen LogP contribution in [0.4, 0.5) is 0 Å². The van der Waals surface area contributed by atoms with Crippen LogP contribution < -0.4 is 0 Å². The lowest BCUT2D eigenvalue weighted by Crippen LogP contribution is -1.88. The molecule has 0 aromatic carbocycles. The molecule has 0 spiro atoms. The summed E-state index contributed by atoms with van der Waals surface area (Å²) < 4.78 is 0. The molecule has 0 saturated heterocycles. The Balaban J connectivity index is 2.09. The molecule has 1 aromatic heterocycles. The molecule has 2 nitrogen and oxygen atoms in total. The SMILES string of the molecule is OC[C@H]1CC1c1ccncc1. The Hall–Kier alpha value is -0.890. The minimum Gasteiger partial charge on any atom is -0.396 e. The normalized spacial score (nSPS) is 28.5. The van der Waals surface area contributed by atoms with Gasteiger partial charge in [-0.3, -0.25) is 4.98 Å². The van der Waals surface area contributed by atoms with Crippen LogP contribution in [0.25, 0.3) is 0 Å². The van der Waals surface area contributed by atoms with Crippen LogP contribution in [0, 0.1) is 5.92 Å². The molecule has 11 heavy (non-hydrogen) atoms. The van der Waals surface area contributed by atoms with Crippen LogP contribution in [0.3, 0.4) is 0 Å². The Morgan fingerprint density at radius 3 is 2.73 bits per heavy atom. The third-order valence-corrected chi connectivity index (χ3v) is 2.29. The first-order valence-corrected chi connectivity index (χ1v) is 3.92. The van der Waals surface area contributed by atoms with Crippen molar-refractivity contribution in [2.45, 2.75) is 12.3 Å². The Kier molecular flexibility index (Phi) is 1.62. The molecule has 0 radical (unpaired) electrons. The average Bonchev–Trinajstić information content (AvgIpc) is 2.85. The molecule has 2 atom stereocenters. The predicted octanol–water partition coefficient (Wildman–Crippen LogP) is 1.18. The number of aliphatic hydroxyl groups is 1. The Morgan fingerprint density at radius 2 is 2.18 bits per heavy atom. The highest BCUT2D eigenvalue weighted by Gasteiger charge is 2.37. The molecule has 1 saturated carbocycles. The molecular formula is C9H11NO. The fraction of sp³-hybridized carbons (Fsp3) is 0.444. The zero-order valence-corrected chi connectivity index (χ0v) is 6.27. The molecule has 1 aliphatic rings. The Labute approximate surface area is 65.9 Å². The van der Waals surface area contributed by atoms with Gasteiger partial charge in [0.25, 0.3) is 0 Å². The number of hydrogen-bond donors (Lipinski definition) is 1. The lowest BCUT2D eigenvalue weighted by atomic mass is 10.1. The molecule has 1 fully saturated rings. The maximum absolute atomic E-state index is 8.82. The van der Waals surface area contributed by atoms with E-state index in [-0.39, 0.29) is 0 Å². The summed E-state index contributed by atoms with van der Waals surface area (Å²) in [6.45, 7) is 0.326. The van der Waals surface area contributed by atoms with Crippen molar-refractivity contribution in [3.8, 4) is 0 Å². The quantitative estimate of drug-likeness (QED) is 0.684. The van der Waals surface area contributed by atoms with Crippen molar-refractivity contribution in [1.29, 1.82) is 0 Å². The number of hydrogen-bond acceptors (Lipinski definition) is 2. The molecule has 0 bridgehead atoms. The minimum atomic E-state index is 0.326. The lowest BCUT2D eigenvalue weighted by molar-refractivity contribution is 0.274. The van der Waals surface area contributed by atoms with Crippen molar-refractivity contribution in [3.05, 3.63) is 30.1 Å². The van der Waals surface area contributed by atoms with Gasteiger partial charge >= 0.3 is 0 Å². The molecule has 1 N–H and O–H groups in total. The minimum absolute atomic E-state index is 0.326. The van der Waals surface area contributed by atoms with E-state index in [0.717, 1.165) is 6.42 Å². The van der Waals surface area contributed by atoms with E-state index in [0.29, 0.717) is 18.4 Å². The van der Waals surface area contributed by atoms with E-state index in [1.54, 1.807) is 0 Å². The van der Waals surface area contributed by atoms with Crippen LogP contribution in [0.15, 0.2) is 24.5 Å². The second kappa shape index (κ2) is 2.62. The van der Waals surface area contributed by atoms with E-state index in [4.69, 9.17) is 5.11 Å². The fourth-order valence-electron chi connectivity index (χ4n) is 1.47. The van der Waals surface area contributed by atoms with Gasteiger partial charge in [-0.2, -0.15) is 0 Å². The van der Waals surface area contributed by atoms with Crippen molar-refractivity contribution in [3.63, 3.8) is 0 Å². The first kappa shape index (κ1) is 6.80. The summed E-state index contributed by atoms with van der Waals surface area (Å²) in [5, 5.41) is 8.82. The van der Waals surface area contributed by atoms with Gasteiger partial charge in [0.05, 0.1) is 0 Å². The largest absolute Gasteiger partial charge is 0.396 e. The predicted molar refractivity (Wildman–Crippen MR) is 42.2 cm³/mol. The van der Waals surface area contributed by atoms with Gasteiger partial charge in [-0.15, -0.1) is 0 Å². The van der Waals surface area contributed by atoms with Crippen molar-refractivity contribution in [2.75, 3.05) is 6.61 Å². The first-order chi connectivity index (χ1) is 5.42. The molecule has 0 amide bonds. The molecule has 1 aliphatic carbocycles. The van der Waals surface area contributed by atoms with Gasteiger partial charge in [-0.1, -0.05) is 0 Å². The number of rotatable bonds is 2. The van der Waals surface area contributed by atoms with Crippen molar-refractivity contribution in [2.24, 2.45) is 5.92 Å². The van der Waals surface area contributed by atoms with Crippen molar-refractivity contribution in [1.82, 2.24) is 4.98 Å². The second-order valence-corrected chi connectivity index (χ2v) is 3.07. The monoisotopic (exact) mass is 149 g/mol. The van der Waals surface area contributed by atoms with Crippen LogP contribution in [0.5, 0.6) is 0 Å². The molecule has 1 unspecified atom stereocenters. The summed E-state index contributed by atoms with van der Waals surface area (Å²) in [7, 11) is 0. The summed E-state index contributed by atoms with van der Waals surface area (Å²) >= 11 is 0. The molecule has 2 rings (SSSR count). The summed E-state index contributed by atoms with van der Waals surface area (Å²) in [5.74, 6) is 1.11. The second-order valence-electron chi connectivity index (χ2n) is 3.07. The van der Waals surface area contributed by atoms with E-state index in [1.807, 2.05) is 24.5 Å². The smallest absolute Gasteiger partial charge is 0.0465 e. The molecule has 1 heterocycles. The van der Waals surface area contributed by atoms with E-state index < -0.39 is 0 Å². The summed E-state index contributed by atoms with van der Waals surface area (Å²) in [6.07, 6.45) is 4.75. The van der Waals surface area contributed by atoms with Gasteiger partial charge < -0.3 is 5.11 Å². The maximum atomic E-state index is 8.82. The molecule has 58 valence electrons. The van der Waals surface area contributed by atoms with Crippen molar-refractivity contribution >= 4 is 0 Å². The van der Waals surface area contributed by atoms with Crippen LogP contribution in [0.1, 0.15) is 17.9 Å². The molecule has 1 aromatic rings. The van der Waals surface area contributed by atoms with E-state index >= 15 is 0 Å². The topological polar surface area (TPSA) is 33.1 Å². The first-order valence-electron chi connectivity index (χ1n) is 3.92. The lowest BCUT2D eigenvalue weighted by Gasteiger charge is -1.95. The number of aromatic nitrogens is 1. The van der Waals surface area contributed by atoms with E-state index in [9.17, 15) is 0 Å². The van der Waals surface area contributed by atoms with E-state index in [2.05, 4.69) is 4.98 Å². The van der Waals surface area contributed by atoms with Gasteiger partial charge in [0.2, 0.25) is 0 Å². The molecular weight excluding hydrogens is 138 g/mol. The van der Waals surface area contributed by atoms with E-state index in [1.165, 1.54) is 5.56 Å². The number of aliphatic hydroxyl groups excluding tert-OH is 1. The molecule has 2 heteroatoms. The third-order valence-electron chi connectivity index (χ3n) is 2.29. The zero-order chi connectivity index (χ0) is 7.68. The molecule has 0 aliphatic heterocycles. The highest BCUT2D eigenvalue weighted by molar-refractivity contribution is 5.22. The van der Waals surface area contributed by atoms with Crippen LogP contribution in [0.2, 0.25) is 0 Å². The summed E-state index contributed by atoms with van der Waals surface area (Å²) in [5.41, 5.74) is 1.32. The fourth-order valence-corrected chi connectivity index (χ4v) is 1.47. The van der Waals surface area contributed by atoms with Gasteiger partial charge in [0, 0.05) is 19.0 Å².